The molecular weight excluding hydrogens is 186 g/mol. The van der Waals surface area contributed by atoms with Crippen LogP contribution in [0.25, 0.3) is 0 Å². The van der Waals surface area contributed by atoms with Gasteiger partial charge in [0.05, 0.1) is 7.11 Å². The molecule has 0 aromatic carbocycles. The van der Waals surface area contributed by atoms with Crippen molar-refractivity contribution in [2.75, 3.05) is 14.2 Å². The number of methoxy groups -OCH3 is 1. The summed E-state index contributed by atoms with van der Waals surface area (Å²) in [5.41, 5.74) is 0. The number of hydrogen-bond acceptors (Lipinski definition) is 5. The lowest BCUT2D eigenvalue weighted by Crippen LogP contribution is -2.14. The maximum Gasteiger partial charge on any atom is 0.313 e. The van der Waals surface area contributed by atoms with Gasteiger partial charge < -0.3 is 9.57 Å². The highest BCUT2D eigenvalue weighted by atomic mass is 35.5. The molecule has 0 radical (unpaired) electrons. The van der Waals surface area contributed by atoms with Crippen LogP contribution in [-0.2, 0) is 19.2 Å². The molecule has 0 N–H and O–H groups in total. The molecule has 0 rings (SSSR count). The van der Waals surface area contributed by atoms with Crippen LogP contribution >= 0.6 is 11.6 Å². The molecule has 6 heteroatoms. The standard InChI is InChI=1S/C6H8ClNO4/c1-11-5(10)3-4(9)6(7)8-12-2/h3H2,1-2H3/b8-6+. The van der Waals surface area contributed by atoms with Gasteiger partial charge in [-0.1, -0.05) is 16.8 Å². The molecule has 0 aliphatic carbocycles. The first kappa shape index (κ1) is 10.9. The molecule has 0 heterocycles. The number of nitrogens with zero attached hydrogens (tertiary/aromatic N) is 1. The Morgan fingerprint density at radius 1 is 1.42 bits per heavy atom. The summed E-state index contributed by atoms with van der Waals surface area (Å²) in [4.78, 5) is 25.6. The lowest BCUT2D eigenvalue weighted by atomic mass is 10.3. The Hall–Kier alpha value is -1.10. The van der Waals surface area contributed by atoms with Gasteiger partial charge in [-0.05, 0) is 0 Å². The summed E-state index contributed by atoms with van der Waals surface area (Å²) >= 11 is 5.30. The van der Waals surface area contributed by atoms with Gasteiger partial charge >= 0.3 is 5.97 Å². The summed E-state index contributed by atoms with van der Waals surface area (Å²) in [6.07, 6.45) is -0.428. The van der Waals surface area contributed by atoms with Gasteiger partial charge in [0, 0.05) is 0 Å². The van der Waals surface area contributed by atoms with Crippen molar-refractivity contribution in [3.05, 3.63) is 0 Å². The number of ketones is 1. The van der Waals surface area contributed by atoms with Crippen molar-refractivity contribution in [2.24, 2.45) is 5.16 Å². The summed E-state index contributed by atoms with van der Waals surface area (Å²) in [6, 6.07) is 0. The smallest absolute Gasteiger partial charge is 0.313 e. The van der Waals surface area contributed by atoms with E-state index in [1.54, 1.807) is 0 Å². The number of oxime groups is 1. The van der Waals surface area contributed by atoms with E-state index in [4.69, 9.17) is 11.6 Å². The molecule has 0 unspecified atom stereocenters. The third kappa shape index (κ3) is 3.92. The highest BCUT2D eigenvalue weighted by Crippen LogP contribution is 1.95. The van der Waals surface area contributed by atoms with Crippen LogP contribution in [0.15, 0.2) is 5.16 Å². The first-order valence-electron chi connectivity index (χ1n) is 2.98. The maximum absolute atomic E-state index is 10.9. The second-order valence-electron chi connectivity index (χ2n) is 1.74. The number of Topliss-reactive ketones (excluding diaryl/α,β-unsaturated/α-hetero) is 1. The fourth-order valence-electron chi connectivity index (χ4n) is 0.407. The van der Waals surface area contributed by atoms with Crippen LogP contribution in [0, 0.1) is 0 Å². The Bertz CT molecular complexity index is 214. The van der Waals surface area contributed by atoms with Crippen molar-refractivity contribution in [3.63, 3.8) is 0 Å². The predicted octanol–water partition coefficient (Wildman–Crippen LogP) is 0.317. The second-order valence-corrected chi connectivity index (χ2v) is 2.10. The second kappa shape index (κ2) is 5.54. The van der Waals surface area contributed by atoms with Crippen molar-refractivity contribution in [2.45, 2.75) is 6.42 Å². The number of carbonyl (C=O) groups excluding carboxylic acids is 2. The van der Waals surface area contributed by atoms with Crippen LogP contribution in [-0.4, -0.2) is 31.1 Å². The number of halogens is 1. The van der Waals surface area contributed by atoms with Crippen LogP contribution in [0.4, 0.5) is 0 Å². The SMILES string of the molecule is CO/N=C(/Cl)C(=O)CC(=O)OC. The minimum Gasteiger partial charge on any atom is -0.469 e. The van der Waals surface area contributed by atoms with E-state index in [1.807, 2.05) is 0 Å². The van der Waals surface area contributed by atoms with Gasteiger partial charge in [0.2, 0.25) is 11.0 Å². The fraction of sp³-hybridized carbons (Fsp3) is 0.500. The highest BCUT2D eigenvalue weighted by molar-refractivity contribution is 6.83. The Morgan fingerprint density at radius 2 is 2.00 bits per heavy atom. The molecule has 0 aromatic heterocycles. The summed E-state index contributed by atoms with van der Waals surface area (Å²) in [5, 5.41) is 2.76. The molecule has 68 valence electrons. The van der Waals surface area contributed by atoms with E-state index >= 15 is 0 Å². The van der Waals surface area contributed by atoms with E-state index in [0.717, 1.165) is 0 Å². The van der Waals surface area contributed by atoms with Crippen LogP contribution in [0.2, 0.25) is 0 Å². The van der Waals surface area contributed by atoms with Gasteiger partial charge in [-0.3, -0.25) is 9.59 Å². The van der Waals surface area contributed by atoms with Crippen LogP contribution < -0.4 is 0 Å². The Morgan fingerprint density at radius 3 is 2.42 bits per heavy atom. The molecular formula is C6H8ClNO4. The molecule has 0 saturated heterocycles. The molecule has 0 fully saturated rings. The van der Waals surface area contributed by atoms with Gasteiger partial charge in [0.15, 0.2) is 0 Å². The maximum atomic E-state index is 10.9. The third-order valence-electron chi connectivity index (χ3n) is 0.934. The monoisotopic (exact) mass is 193 g/mol. The van der Waals surface area contributed by atoms with E-state index in [2.05, 4.69) is 14.7 Å². The predicted molar refractivity (Wildman–Crippen MR) is 41.9 cm³/mol. The zero-order chi connectivity index (χ0) is 9.56. The van der Waals surface area contributed by atoms with Gasteiger partial charge in [-0.25, -0.2) is 0 Å². The zero-order valence-corrected chi connectivity index (χ0v) is 7.42. The summed E-state index contributed by atoms with van der Waals surface area (Å²) in [6.45, 7) is 0. The lowest BCUT2D eigenvalue weighted by Gasteiger charge is -1.95. The molecule has 0 saturated carbocycles. The fourth-order valence-corrected chi connectivity index (χ4v) is 0.543. The Labute approximate surface area is 74.3 Å². The third-order valence-corrected chi connectivity index (χ3v) is 1.21. The number of hydrogen-bond donors (Lipinski definition) is 0. The summed E-state index contributed by atoms with van der Waals surface area (Å²) in [7, 11) is 2.42. The van der Waals surface area contributed by atoms with Crippen LogP contribution in [0.5, 0.6) is 0 Å². The summed E-state index contributed by atoms with van der Waals surface area (Å²) in [5.74, 6) is -1.30. The first-order chi connectivity index (χ1) is 5.61. The van der Waals surface area contributed by atoms with Crippen molar-refractivity contribution in [3.8, 4) is 0 Å². The molecule has 12 heavy (non-hydrogen) atoms. The minimum atomic E-state index is -0.663. The molecule has 5 nitrogen and oxygen atoms in total. The van der Waals surface area contributed by atoms with Crippen molar-refractivity contribution >= 4 is 28.5 Å². The van der Waals surface area contributed by atoms with Gasteiger partial charge in [-0.2, -0.15) is 0 Å². The topological polar surface area (TPSA) is 65.0 Å². The van der Waals surface area contributed by atoms with E-state index in [-0.39, 0.29) is 5.17 Å². The van der Waals surface area contributed by atoms with Crippen LogP contribution in [0.1, 0.15) is 6.42 Å². The largest absolute Gasteiger partial charge is 0.469 e. The van der Waals surface area contributed by atoms with E-state index < -0.39 is 18.2 Å². The molecule has 0 amide bonds. The first-order valence-corrected chi connectivity index (χ1v) is 3.36. The van der Waals surface area contributed by atoms with Crippen molar-refractivity contribution < 1.29 is 19.2 Å². The van der Waals surface area contributed by atoms with E-state index in [9.17, 15) is 9.59 Å². The average Bonchev–Trinajstić information content (AvgIpc) is 2.04. The summed E-state index contributed by atoms with van der Waals surface area (Å²) < 4.78 is 4.23. The molecule has 0 aliphatic heterocycles. The van der Waals surface area contributed by atoms with Gasteiger partial charge in [0.1, 0.15) is 13.5 Å². The normalized spacial score (nSPS) is 10.8. The Balaban J connectivity index is 4.04. The minimum absolute atomic E-state index is 0.372. The van der Waals surface area contributed by atoms with E-state index in [0.29, 0.717) is 0 Å². The zero-order valence-electron chi connectivity index (χ0n) is 6.67. The highest BCUT2D eigenvalue weighted by Gasteiger charge is 2.14. The molecule has 0 aromatic rings. The molecule has 0 bridgehead atoms. The Kier molecular flexibility index (Phi) is 5.03. The molecule has 0 aliphatic rings. The van der Waals surface area contributed by atoms with Gasteiger partial charge in [-0.15, -0.1) is 0 Å². The van der Waals surface area contributed by atoms with Crippen LogP contribution in [0.3, 0.4) is 0 Å². The van der Waals surface area contributed by atoms with Crippen molar-refractivity contribution in [1.82, 2.24) is 0 Å². The average molecular weight is 194 g/mol. The number of esters is 1. The molecule has 0 spiro atoms. The van der Waals surface area contributed by atoms with Gasteiger partial charge in [0.25, 0.3) is 0 Å². The number of ether oxygens (including phenoxy) is 1. The number of rotatable bonds is 4. The number of carbonyl (C=O) groups is 2. The molecule has 0 atom stereocenters. The lowest BCUT2D eigenvalue weighted by molar-refractivity contribution is -0.142. The van der Waals surface area contributed by atoms with Crippen molar-refractivity contribution in [1.29, 1.82) is 0 Å². The quantitative estimate of drug-likeness (QED) is 0.279. The van der Waals surface area contributed by atoms with E-state index in [1.165, 1.54) is 14.2 Å².